The smallest absolute Gasteiger partial charge is 0.151 e. The van der Waals surface area contributed by atoms with E-state index in [1.54, 1.807) is 0 Å². The van der Waals surface area contributed by atoms with Crippen LogP contribution in [0.5, 0.6) is 0 Å². The Bertz CT molecular complexity index is 497. The van der Waals surface area contributed by atoms with Crippen molar-refractivity contribution in [1.82, 2.24) is 0 Å². The van der Waals surface area contributed by atoms with Crippen LogP contribution in [0.4, 0.5) is 0 Å². The van der Waals surface area contributed by atoms with E-state index in [1.807, 2.05) is 24.3 Å². The summed E-state index contributed by atoms with van der Waals surface area (Å²) in [6.45, 7) is 0. The van der Waals surface area contributed by atoms with Crippen molar-refractivity contribution < 1.29 is 9.52 Å². The molecule has 1 aliphatic rings. The van der Waals surface area contributed by atoms with Gasteiger partial charge in [0, 0.05) is 5.39 Å². The first kappa shape index (κ1) is 8.50. The van der Waals surface area contributed by atoms with Crippen molar-refractivity contribution in [3.8, 4) is 0 Å². The van der Waals surface area contributed by atoms with Crippen LogP contribution in [0.25, 0.3) is 11.0 Å². The lowest BCUT2D eigenvalue weighted by Crippen LogP contribution is -2.02. The Morgan fingerprint density at radius 1 is 1.29 bits per heavy atom. The Kier molecular flexibility index (Phi) is 1.59. The third kappa shape index (κ3) is 1.06. The number of hydrogen-bond donors (Lipinski definition) is 1. The molecule has 3 rings (SSSR count). The summed E-state index contributed by atoms with van der Waals surface area (Å²) in [6.07, 6.45) is 1.59. The van der Waals surface area contributed by atoms with Crippen LogP contribution in [-0.2, 0) is 5.60 Å². The van der Waals surface area contributed by atoms with Gasteiger partial charge in [0.15, 0.2) is 5.76 Å². The zero-order valence-electron chi connectivity index (χ0n) is 7.46. The molecule has 1 aromatic carbocycles. The van der Waals surface area contributed by atoms with Crippen LogP contribution >= 0.6 is 15.9 Å². The summed E-state index contributed by atoms with van der Waals surface area (Å²) in [5, 5.41) is 11.0. The van der Waals surface area contributed by atoms with Crippen molar-refractivity contribution in [1.29, 1.82) is 0 Å². The number of rotatable bonds is 1. The summed E-state index contributed by atoms with van der Waals surface area (Å²) in [4.78, 5) is 0. The van der Waals surface area contributed by atoms with E-state index in [-0.39, 0.29) is 0 Å². The SMILES string of the molecule is OC1(c2oc3ccccc3c2Br)CC1. The summed E-state index contributed by atoms with van der Waals surface area (Å²) in [5.74, 6) is 0.679. The molecule has 0 bridgehead atoms. The molecule has 0 unspecified atom stereocenters. The minimum atomic E-state index is -0.710. The number of furan rings is 1. The molecule has 2 nitrogen and oxygen atoms in total. The third-order valence-corrected chi connectivity index (χ3v) is 3.47. The summed E-state index contributed by atoms with van der Waals surface area (Å²) in [6, 6.07) is 7.79. The van der Waals surface area contributed by atoms with Gasteiger partial charge in [0.2, 0.25) is 0 Å². The van der Waals surface area contributed by atoms with Crippen LogP contribution in [0.15, 0.2) is 33.2 Å². The lowest BCUT2D eigenvalue weighted by molar-refractivity contribution is 0.124. The molecule has 3 heteroatoms. The van der Waals surface area contributed by atoms with E-state index in [4.69, 9.17) is 4.42 Å². The highest BCUT2D eigenvalue weighted by Crippen LogP contribution is 2.50. The van der Waals surface area contributed by atoms with Gasteiger partial charge in [-0.25, -0.2) is 0 Å². The second-order valence-electron chi connectivity index (χ2n) is 3.77. The lowest BCUT2D eigenvalue weighted by atomic mass is 10.2. The highest BCUT2D eigenvalue weighted by Gasteiger charge is 2.47. The Morgan fingerprint density at radius 3 is 2.64 bits per heavy atom. The fourth-order valence-corrected chi connectivity index (χ4v) is 2.44. The van der Waals surface area contributed by atoms with Crippen LogP contribution in [0.3, 0.4) is 0 Å². The number of hydrogen-bond acceptors (Lipinski definition) is 2. The molecule has 2 aromatic rings. The van der Waals surface area contributed by atoms with Gasteiger partial charge in [0.05, 0.1) is 4.47 Å². The van der Waals surface area contributed by atoms with Crippen LogP contribution in [-0.4, -0.2) is 5.11 Å². The Morgan fingerprint density at radius 2 is 2.00 bits per heavy atom. The Hall–Kier alpha value is -0.800. The number of fused-ring (bicyclic) bond motifs is 1. The fraction of sp³-hybridized carbons (Fsp3) is 0.273. The molecule has 0 aliphatic heterocycles. The maximum Gasteiger partial charge on any atom is 0.151 e. The van der Waals surface area contributed by atoms with Gasteiger partial charge in [-0.1, -0.05) is 12.1 Å². The number of benzene rings is 1. The van der Waals surface area contributed by atoms with E-state index < -0.39 is 5.60 Å². The molecular formula is C11H9BrO2. The molecule has 1 N–H and O–H groups in total. The molecule has 1 saturated carbocycles. The summed E-state index contributed by atoms with van der Waals surface area (Å²) < 4.78 is 6.53. The first-order valence-corrected chi connectivity index (χ1v) is 5.40. The number of halogens is 1. The Balaban J connectivity index is 2.31. The molecule has 0 spiro atoms. The molecule has 14 heavy (non-hydrogen) atoms. The number of para-hydroxylation sites is 1. The summed E-state index contributed by atoms with van der Waals surface area (Å²) in [5.41, 5.74) is 0.118. The highest BCUT2D eigenvalue weighted by molar-refractivity contribution is 9.10. The average Bonchev–Trinajstić information content (AvgIpc) is 2.84. The van der Waals surface area contributed by atoms with Crippen LogP contribution in [0.1, 0.15) is 18.6 Å². The minimum absolute atomic E-state index is 0.679. The van der Waals surface area contributed by atoms with E-state index >= 15 is 0 Å². The predicted octanol–water partition coefficient (Wildman–Crippen LogP) is 3.18. The van der Waals surface area contributed by atoms with E-state index in [1.165, 1.54) is 0 Å². The van der Waals surface area contributed by atoms with Gasteiger partial charge in [0.25, 0.3) is 0 Å². The van der Waals surface area contributed by atoms with Gasteiger partial charge in [-0.05, 0) is 40.9 Å². The van der Waals surface area contributed by atoms with E-state index in [9.17, 15) is 5.11 Å². The van der Waals surface area contributed by atoms with Crippen molar-refractivity contribution in [2.24, 2.45) is 0 Å². The van der Waals surface area contributed by atoms with Crippen molar-refractivity contribution in [3.05, 3.63) is 34.5 Å². The molecule has 0 amide bonds. The van der Waals surface area contributed by atoms with Crippen molar-refractivity contribution in [2.75, 3.05) is 0 Å². The van der Waals surface area contributed by atoms with Crippen molar-refractivity contribution in [3.63, 3.8) is 0 Å². The van der Waals surface area contributed by atoms with Crippen molar-refractivity contribution in [2.45, 2.75) is 18.4 Å². The van der Waals surface area contributed by atoms with Crippen LogP contribution < -0.4 is 0 Å². The number of aliphatic hydroxyl groups is 1. The lowest BCUT2D eigenvalue weighted by Gasteiger charge is -2.02. The van der Waals surface area contributed by atoms with Gasteiger partial charge in [0.1, 0.15) is 11.2 Å². The second kappa shape index (κ2) is 2.61. The monoisotopic (exact) mass is 252 g/mol. The molecule has 0 saturated heterocycles. The molecule has 1 fully saturated rings. The third-order valence-electron chi connectivity index (χ3n) is 2.68. The predicted molar refractivity (Wildman–Crippen MR) is 57.0 cm³/mol. The molecule has 0 radical (unpaired) electrons. The van der Waals surface area contributed by atoms with E-state index in [0.29, 0.717) is 5.76 Å². The Labute approximate surface area is 89.7 Å². The summed E-state index contributed by atoms with van der Waals surface area (Å²) >= 11 is 3.47. The standard InChI is InChI=1S/C11H9BrO2/c12-9-7-3-1-2-4-8(7)14-10(9)11(13)5-6-11/h1-4,13H,5-6H2. The fourth-order valence-electron chi connectivity index (χ4n) is 1.66. The molecular weight excluding hydrogens is 244 g/mol. The first-order chi connectivity index (χ1) is 6.71. The topological polar surface area (TPSA) is 33.4 Å². The molecule has 1 aliphatic carbocycles. The van der Waals surface area contributed by atoms with Gasteiger partial charge in [-0.2, -0.15) is 0 Å². The van der Waals surface area contributed by atoms with Gasteiger partial charge < -0.3 is 9.52 Å². The van der Waals surface area contributed by atoms with Crippen molar-refractivity contribution >= 4 is 26.9 Å². The maximum atomic E-state index is 9.96. The zero-order chi connectivity index (χ0) is 9.76. The molecule has 72 valence electrons. The summed E-state index contributed by atoms with van der Waals surface area (Å²) in [7, 11) is 0. The minimum Gasteiger partial charge on any atom is -0.457 e. The highest BCUT2D eigenvalue weighted by atomic mass is 79.9. The molecule has 1 heterocycles. The zero-order valence-corrected chi connectivity index (χ0v) is 9.04. The van der Waals surface area contributed by atoms with Crippen LogP contribution in [0.2, 0.25) is 0 Å². The van der Waals surface area contributed by atoms with Gasteiger partial charge >= 0.3 is 0 Å². The van der Waals surface area contributed by atoms with E-state index in [2.05, 4.69) is 15.9 Å². The second-order valence-corrected chi connectivity index (χ2v) is 4.57. The van der Waals surface area contributed by atoms with Gasteiger partial charge in [-0.15, -0.1) is 0 Å². The van der Waals surface area contributed by atoms with Gasteiger partial charge in [-0.3, -0.25) is 0 Å². The normalized spacial score (nSPS) is 18.7. The van der Waals surface area contributed by atoms with Crippen LogP contribution in [0, 0.1) is 0 Å². The first-order valence-electron chi connectivity index (χ1n) is 4.61. The molecule has 1 aromatic heterocycles. The average molecular weight is 253 g/mol. The maximum absolute atomic E-state index is 9.96. The van der Waals surface area contributed by atoms with E-state index in [0.717, 1.165) is 28.3 Å². The molecule has 0 atom stereocenters. The largest absolute Gasteiger partial charge is 0.457 e. The quantitative estimate of drug-likeness (QED) is 0.846.